The van der Waals surface area contributed by atoms with E-state index >= 15 is 0 Å². The van der Waals surface area contributed by atoms with E-state index in [4.69, 9.17) is 0 Å². The summed E-state index contributed by atoms with van der Waals surface area (Å²) in [5.41, 5.74) is 0.0370. The summed E-state index contributed by atoms with van der Waals surface area (Å²) in [6.45, 7) is 0.724. The molecule has 1 N–H and O–H groups in total. The molecule has 2 amide bonds. The lowest BCUT2D eigenvalue weighted by atomic mass is 10.0. The first-order valence-electron chi connectivity index (χ1n) is 8.62. The van der Waals surface area contributed by atoms with E-state index in [9.17, 15) is 22.8 Å². The number of thioether (sulfide) groups is 1. The van der Waals surface area contributed by atoms with Crippen LogP contribution in [0.5, 0.6) is 0 Å². The zero-order valence-electron chi connectivity index (χ0n) is 14.8. The molecule has 2 aromatic rings. The number of carbonyl (C=O) groups is 2. The molecule has 148 valence electrons. The van der Waals surface area contributed by atoms with Crippen LogP contribution in [0.1, 0.15) is 23.6 Å². The van der Waals surface area contributed by atoms with Crippen molar-refractivity contribution in [2.75, 3.05) is 18.8 Å². The molecule has 0 saturated carbocycles. The first-order valence-corrected chi connectivity index (χ1v) is 9.60. The van der Waals surface area contributed by atoms with Gasteiger partial charge in [-0.05, 0) is 17.7 Å². The number of amides is 2. The van der Waals surface area contributed by atoms with E-state index in [2.05, 4.69) is 10.3 Å². The minimum atomic E-state index is -4.44. The SMILES string of the molecule is O=C1CC(c2ccccc2)N(C(=O)CSc2ccc(C(F)(F)F)cn2)CCN1. The number of rotatable bonds is 4. The van der Waals surface area contributed by atoms with Gasteiger partial charge in [-0.15, -0.1) is 0 Å². The highest BCUT2D eigenvalue weighted by atomic mass is 32.2. The Balaban J connectivity index is 1.69. The van der Waals surface area contributed by atoms with E-state index in [1.54, 1.807) is 4.90 Å². The van der Waals surface area contributed by atoms with Gasteiger partial charge in [0.15, 0.2) is 0 Å². The fourth-order valence-corrected chi connectivity index (χ4v) is 3.68. The van der Waals surface area contributed by atoms with Crippen molar-refractivity contribution in [3.05, 3.63) is 59.8 Å². The third-order valence-electron chi connectivity index (χ3n) is 4.34. The highest BCUT2D eigenvalue weighted by Crippen LogP contribution is 2.30. The molecule has 5 nitrogen and oxygen atoms in total. The lowest BCUT2D eigenvalue weighted by Gasteiger charge is -2.29. The van der Waals surface area contributed by atoms with E-state index in [-0.39, 0.29) is 30.0 Å². The molecule has 0 bridgehead atoms. The quantitative estimate of drug-likeness (QED) is 0.788. The average Bonchev–Trinajstić information content (AvgIpc) is 2.88. The lowest BCUT2D eigenvalue weighted by molar-refractivity contribution is -0.138. The highest BCUT2D eigenvalue weighted by molar-refractivity contribution is 7.99. The highest BCUT2D eigenvalue weighted by Gasteiger charge is 2.31. The Bertz CT molecular complexity index is 829. The minimum Gasteiger partial charge on any atom is -0.354 e. The Hall–Kier alpha value is -2.55. The summed E-state index contributed by atoms with van der Waals surface area (Å²) in [7, 11) is 0. The molecule has 0 spiro atoms. The summed E-state index contributed by atoms with van der Waals surface area (Å²) in [5, 5.41) is 3.10. The maximum Gasteiger partial charge on any atom is 0.417 e. The maximum absolute atomic E-state index is 12.8. The van der Waals surface area contributed by atoms with E-state index in [1.165, 1.54) is 6.07 Å². The van der Waals surface area contributed by atoms with Crippen LogP contribution in [-0.4, -0.2) is 40.5 Å². The standard InChI is InChI=1S/C19H18F3N3O2S/c20-19(21,22)14-6-7-17(24-11-14)28-12-18(27)25-9-8-23-16(26)10-15(25)13-4-2-1-3-5-13/h1-7,11,15H,8-10,12H2,(H,23,26). The molecular formula is C19H18F3N3O2S. The van der Waals surface area contributed by atoms with Crippen LogP contribution in [0.4, 0.5) is 13.2 Å². The van der Waals surface area contributed by atoms with Gasteiger partial charge in [-0.25, -0.2) is 4.98 Å². The Morgan fingerprint density at radius 2 is 1.96 bits per heavy atom. The second kappa shape index (κ2) is 8.64. The molecule has 1 atom stereocenters. The Morgan fingerprint density at radius 1 is 1.21 bits per heavy atom. The summed E-state index contributed by atoms with van der Waals surface area (Å²) in [4.78, 5) is 30.2. The topological polar surface area (TPSA) is 62.3 Å². The second-order valence-corrected chi connectivity index (χ2v) is 7.23. The molecular weight excluding hydrogens is 391 g/mol. The van der Waals surface area contributed by atoms with Crippen LogP contribution in [-0.2, 0) is 15.8 Å². The van der Waals surface area contributed by atoms with Gasteiger partial charge in [0.05, 0.1) is 28.8 Å². The first-order chi connectivity index (χ1) is 13.3. The van der Waals surface area contributed by atoms with Crippen LogP contribution in [0.15, 0.2) is 53.7 Å². The van der Waals surface area contributed by atoms with Crippen LogP contribution in [0.25, 0.3) is 0 Å². The number of nitrogens with zero attached hydrogens (tertiary/aromatic N) is 2. The summed E-state index contributed by atoms with van der Waals surface area (Å²) < 4.78 is 37.8. The molecule has 1 aliphatic heterocycles. The van der Waals surface area contributed by atoms with Crippen LogP contribution < -0.4 is 5.32 Å². The molecule has 0 radical (unpaired) electrons. The summed E-state index contributed by atoms with van der Waals surface area (Å²) in [6, 6.07) is 11.1. The van der Waals surface area contributed by atoms with Crippen molar-refractivity contribution in [1.29, 1.82) is 0 Å². The zero-order valence-corrected chi connectivity index (χ0v) is 15.6. The first kappa shape index (κ1) is 20.2. The van der Waals surface area contributed by atoms with Gasteiger partial charge in [0.2, 0.25) is 11.8 Å². The van der Waals surface area contributed by atoms with Crippen LogP contribution in [0, 0.1) is 0 Å². The van der Waals surface area contributed by atoms with Crippen molar-refractivity contribution >= 4 is 23.6 Å². The number of carbonyl (C=O) groups excluding carboxylic acids is 2. The number of hydrogen-bond acceptors (Lipinski definition) is 4. The molecule has 1 aromatic heterocycles. The van der Waals surface area contributed by atoms with Gasteiger partial charge < -0.3 is 10.2 Å². The number of benzene rings is 1. The van der Waals surface area contributed by atoms with E-state index in [1.807, 2.05) is 30.3 Å². The maximum atomic E-state index is 12.8. The smallest absolute Gasteiger partial charge is 0.354 e. The Morgan fingerprint density at radius 3 is 2.61 bits per heavy atom. The Kier molecular flexibility index (Phi) is 6.23. The molecule has 1 aliphatic rings. The van der Waals surface area contributed by atoms with Gasteiger partial charge in [0.25, 0.3) is 0 Å². The largest absolute Gasteiger partial charge is 0.417 e. The van der Waals surface area contributed by atoms with E-state index in [0.29, 0.717) is 18.1 Å². The van der Waals surface area contributed by atoms with Crippen molar-refractivity contribution in [3.63, 3.8) is 0 Å². The normalized spacial score (nSPS) is 17.8. The molecule has 28 heavy (non-hydrogen) atoms. The molecule has 1 fully saturated rings. The van der Waals surface area contributed by atoms with Gasteiger partial charge in [-0.3, -0.25) is 9.59 Å². The fourth-order valence-electron chi connectivity index (χ4n) is 2.95. The molecule has 3 rings (SSSR count). The van der Waals surface area contributed by atoms with Crippen molar-refractivity contribution in [1.82, 2.24) is 15.2 Å². The molecule has 2 heterocycles. The van der Waals surface area contributed by atoms with Crippen molar-refractivity contribution in [2.45, 2.75) is 23.7 Å². The van der Waals surface area contributed by atoms with Crippen molar-refractivity contribution in [3.8, 4) is 0 Å². The van der Waals surface area contributed by atoms with Gasteiger partial charge >= 0.3 is 6.18 Å². The molecule has 0 aliphatic carbocycles. The van der Waals surface area contributed by atoms with Gasteiger partial charge in [0.1, 0.15) is 0 Å². The van der Waals surface area contributed by atoms with E-state index in [0.717, 1.165) is 29.6 Å². The number of pyridine rings is 1. The third-order valence-corrected chi connectivity index (χ3v) is 5.27. The third kappa shape index (κ3) is 5.03. The number of aromatic nitrogens is 1. The average molecular weight is 409 g/mol. The Labute approximate surface area is 164 Å². The van der Waals surface area contributed by atoms with Gasteiger partial charge in [-0.2, -0.15) is 13.2 Å². The van der Waals surface area contributed by atoms with Gasteiger partial charge in [-0.1, -0.05) is 42.1 Å². The van der Waals surface area contributed by atoms with Crippen LogP contribution in [0.2, 0.25) is 0 Å². The predicted octanol–water partition coefficient (Wildman–Crippen LogP) is 3.28. The lowest BCUT2D eigenvalue weighted by Crippen LogP contribution is -2.37. The van der Waals surface area contributed by atoms with Crippen LogP contribution in [0.3, 0.4) is 0 Å². The molecule has 1 saturated heterocycles. The predicted molar refractivity (Wildman–Crippen MR) is 98.5 cm³/mol. The number of halogens is 3. The summed E-state index contributed by atoms with van der Waals surface area (Å²) in [6.07, 6.45) is -3.52. The molecule has 1 aromatic carbocycles. The monoisotopic (exact) mass is 409 g/mol. The minimum absolute atomic E-state index is 0.0237. The summed E-state index contributed by atoms with van der Waals surface area (Å²) >= 11 is 1.07. The van der Waals surface area contributed by atoms with Crippen molar-refractivity contribution in [2.24, 2.45) is 0 Å². The number of hydrogen-bond donors (Lipinski definition) is 1. The molecule has 9 heteroatoms. The molecule has 1 unspecified atom stereocenters. The zero-order chi connectivity index (χ0) is 20.1. The number of nitrogens with one attached hydrogen (secondary N) is 1. The second-order valence-electron chi connectivity index (χ2n) is 6.24. The van der Waals surface area contributed by atoms with E-state index < -0.39 is 11.7 Å². The van der Waals surface area contributed by atoms with Crippen molar-refractivity contribution < 1.29 is 22.8 Å². The van der Waals surface area contributed by atoms with Gasteiger partial charge in [0, 0.05) is 19.3 Å². The summed E-state index contributed by atoms with van der Waals surface area (Å²) in [5.74, 6) is -0.297. The fraction of sp³-hybridized carbons (Fsp3) is 0.316. The number of alkyl halides is 3. The van der Waals surface area contributed by atoms with Crippen LogP contribution >= 0.6 is 11.8 Å².